The fraction of sp³-hybridized carbons (Fsp3) is 0.600. The topological polar surface area (TPSA) is 57.3 Å². The molecule has 0 aliphatic carbocycles. The maximum atomic E-state index is 12.3. The molecule has 0 saturated carbocycles. The molecule has 1 aromatic rings. The Kier molecular flexibility index (Phi) is 5.35. The summed E-state index contributed by atoms with van der Waals surface area (Å²) in [6, 6.07) is 1.77. The SMILES string of the molecule is CCCNc1cnccc1C(=O)NCC1CCN(C)C1. The molecule has 0 spiro atoms. The smallest absolute Gasteiger partial charge is 0.253 e. The summed E-state index contributed by atoms with van der Waals surface area (Å²) < 4.78 is 0. The lowest BCUT2D eigenvalue weighted by atomic mass is 10.1. The molecule has 5 heteroatoms. The van der Waals surface area contributed by atoms with Crippen molar-refractivity contribution in [3.63, 3.8) is 0 Å². The zero-order valence-corrected chi connectivity index (χ0v) is 12.4. The number of carbonyl (C=O) groups is 1. The number of nitrogens with zero attached hydrogens (tertiary/aromatic N) is 2. The summed E-state index contributed by atoms with van der Waals surface area (Å²) in [7, 11) is 2.12. The lowest BCUT2D eigenvalue weighted by Gasteiger charge is -2.14. The monoisotopic (exact) mass is 276 g/mol. The predicted molar refractivity (Wildman–Crippen MR) is 81.0 cm³/mol. The molecule has 0 aromatic carbocycles. The van der Waals surface area contributed by atoms with E-state index in [2.05, 4.69) is 34.5 Å². The van der Waals surface area contributed by atoms with Crippen LogP contribution < -0.4 is 10.6 Å². The highest BCUT2D eigenvalue weighted by Crippen LogP contribution is 2.15. The van der Waals surface area contributed by atoms with Crippen molar-refractivity contribution in [1.29, 1.82) is 0 Å². The Labute approximate surface area is 120 Å². The van der Waals surface area contributed by atoms with Crippen molar-refractivity contribution in [3.8, 4) is 0 Å². The molecule has 1 fully saturated rings. The average Bonchev–Trinajstić information content (AvgIpc) is 2.88. The first-order chi connectivity index (χ1) is 9.70. The van der Waals surface area contributed by atoms with Crippen molar-refractivity contribution in [2.45, 2.75) is 19.8 Å². The molecule has 2 heterocycles. The van der Waals surface area contributed by atoms with E-state index in [4.69, 9.17) is 0 Å². The summed E-state index contributed by atoms with van der Waals surface area (Å²) in [6.07, 6.45) is 5.56. The van der Waals surface area contributed by atoms with Gasteiger partial charge < -0.3 is 15.5 Å². The maximum Gasteiger partial charge on any atom is 0.253 e. The predicted octanol–water partition coefficient (Wildman–Crippen LogP) is 1.58. The molecule has 1 aromatic heterocycles. The zero-order chi connectivity index (χ0) is 14.4. The highest BCUT2D eigenvalue weighted by Gasteiger charge is 2.20. The Hall–Kier alpha value is -1.62. The molecule has 0 bridgehead atoms. The van der Waals surface area contributed by atoms with E-state index in [9.17, 15) is 4.79 Å². The molecule has 1 aliphatic rings. The van der Waals surface area contributed by atoms with Gasteiger partial charge in [0.15, 0.2) is 0 Å². The van der Waals surface area contributed by atoms with Gasteiger partial charge in [-0.15, -0.1) is 0 Å². The summed E-state index contributed by atoms with van der Waals surface area (Å²) in [5, 5.41) is 6.29. The zero-order valence-electron chi connectivity index (χ0n) is 12.4. The number of hydrogen-bond acceptors (Lipinski definition) is 4. The first-order valence-electron chi connectivity index (χ1n) is 7.35. The number of hydrogen-bond donors (Lipinski definition) is 2. The quantitative estimate of drug-likeness (QED) is 0.828. The van der Waals surface area contributed by atoms with Gasteiger partial charge in [-0.1, -0.05) is 6.92 Å². The van der Waals surface area contributed by atoms with Crippen molar-refractivity contribution < 1.29 is 4.79 Å². The van der Waals surface area contributed by atoms with Gasteiger partial charge in [0.2, 0.25) is 0 Å². The minimum absolute atomic E-state index is 0.0134. The third-order valence-electron chi connectivity index (χ3n) is 3.67. The summed E-state index contributed by atoms with van der Waals surface area (Å²) in [4.78, 5) is 18.7. The Morgan fingerprint density at radius 3 is 3.10 bits per heavy atom. The maximum absolute atomic E-state index is 12.3. The largest absolute Gasteiger partial charge is 0.383 e. The lowest BCUT2D eigenvalue weighted by Crippen LogP contribution is -2.31. The standard InChI is InChI=1S/C15H24N4O/c1-3-6-17-14-10-16-7-4-13(14)15(20)18-9-12-5-8-19(2)11-12/h4,7,10,12,17H,3,5-6,8-9,11H2,1-2H3,(H,18,20). The summed E-state index contributed by atoms with van der Waals surface area (Å²) >= 11 is 0. The van der Waals surface area contributed by atoms with E-state index in [1.54, 1.807) is 18.5 Å². The van der Waals surface area contributed by atoms with Crippen molar-refractivity contribution in [2.75, 3.05) is 38.5 Å². The van der Waals surface area contributed by atoms with Gasteiger partial charge in [-0.05, 0) is 38.4 Å². The summed E-state index contributed by atoms with van der Waals surface area (Å²) in [5.74, 6) is 0.554. The van der Waals surface area contributed by atoms with Gasteiger partial charge in [0, 0.05) is 25.8 Å². The van der Waals surface area contributed by atoms with Gasteiger partial charge in [0.25, 0.3) is 5.91 Å². The Morgan fingerprint density at radius 1 is 1.55 bits per heavy atom. The van der Waals surface area contributed by atoms with E-state index in [1.807, 2.05) is 0 Å². The number of aromatic nitrogens is 1. The van der Waals surface area contributed by atoms with Crippen LogP contribution in [0.4, 0.5) is 5.69 Å². The van der Waals surface area contributed by atoms with Gasteiger partial charge in [-0.25, -0.2) is 0 Å². The molecule has 0 radical (unpaired) electrons. The number of nitrogens with one attached hydrogen (secondary N) is 2. The minimum Gasteiger partial charge on any atom is -0.383 e. The molecule has 1 aliphatic heterocycles. The van der Waals surface area contributed by atoms with Crippen molar-refractivity contribution in [1.82, 2.24) is 15.2 Å². The van der Waals surface area contributed by atoms with Crippen LogP contribution in [0.5, 0.6) is 0 Å². The van der Waals surface area contributed by atoms with Crippen LogP contribution in [0.15, 0.2) is 18.5 Å². The van der Waals surface area contributed by atoms with E-state index in [1.165, 1.54) is 0 Å². The third kappa shape index (κ3) is 3.93. The fourth-order valence-electron chi connectivity index (χ4n) is 2.52. The minimum atomic E-state index is -0.0134. The number of amides is 1. The molecule has 2 N–H and O–H groups in total. The van der Waals surface area contributed by atoms with Crippen molar-refractivity contribution in [2.24, 2.45) is 5.92 Å². The van der Waals surface area contributed by atoms with Crippen LogP contribution in [0.2, 0.25) is 0 Å². The van der Waals surface area contributed by atoms with Crippen molar-refractivity contribution >= 4 is 11.6 Å². The van der Waals surface area contributed by atoms with Crippen LogP contribution in [0.3, 0.4) is 0 Å². The highest BCUT2D eigenvalue weighted by atomic mass is 16.1. The first-order valence-corrected chi connectivity index (χ1v) is 7.35. The molecule has 1 unspecified atom stereocenters. The number of rotatable bonds is 6. The van der Waals surface area contributed by atoms with E-state index < -0.39 is 0 Å². The fourth-order valence-corrected chi connectivity index (χ4v) is 2.52. The Morgan fingerprint density at radius 2 is 2.40 bits per heavy atom. The van der Waals surface area contributed by atoms with E-state index >= 15 is 0 Å². The first kappa shape index (κ1) is 14.8. The van der Waals surface area contributed by atoms with Gasteiger partial charge >= 0.3 is 0 Å². The van der Waals surface area contributed by atoms with E-state index in [0.717, 1.165) is 44.7 Å². The van der Waals surface area contributed by atoms with Crippen LogP contribution >= 0.6 is 0 Å². The number of pyridine rings is 1. The average molecular weight is 276 g/mol. The van der Waals surface area contributed by atoms with Gasteiger partial charge in [-0.3, -0.25) is 9.78 Å². The van der Waals surface area contributed by atoms with Gasteiger partial charge in [0.1, 0.15) is 0 Å². The van der Waals surface area contributed by atoms with Crippen molar-refractivity contribution in [3.05, 3.63) is 24.0 Å². The van der Waals surface area contributed by atoms with Crippen LogP contribution in [0.25, 0.3) is 0 Å². The molecular formula is C15H24N4O. The molecule has 110 valence electrons. The second kappa shape index (κ2) is 7.24. The van der Waals surface area contributed by atoms with Gasteiger partial charge in [-0.2, -0.15) is 0 Å². The molecule has 1 saturated heterocycles. The van der Waals surface area contributed by atoms with Crippen LogP contribution in [0, 0.1) is 5.92 Å². The molecule has 2 rings (SSSR count). The second-order valence-corrected chi connectivity index (χ2v) is 5.48. The Balaban J connectivity index is 1.91. The third-order valence-corrected chi connectivity index (χ3v) is 3.67. The summed E-state index contributed by atoms with van der Waals surface area (Å²) in [5.41, 5.74) is 1.50. The Bertz CT molecular complexity index is 449. The second-order valence-electron chi connectivity index (χ2n) is 5.48. The number of anilines is 1. The van der Waals surface area contributed by atoms with E-state index in [-0.39, 0.29) is 5.91 Å². The summed E-state index contributed by atoms with van der Waals surface area (Å²) in [6.45, 7) is 5.88. The lowest BCUT2D eigenvalue weighted by molar-refractivity contribution is 0.0948. The van der Waals surface area contributed by atoms with E-state index in [0.29, 0.717) is 11.5 Å². The molecule has 1 amide bonds. The molecule has 1 atom stereocenters. The molecule has 5 nitrogen and oxygen atoms in total. The van der Waals surface area contributed by atoms with Crippen LogP contribution in [-0.4, -0.2) is 49.0 Å². The highest BCUT2D eigenvalue weighted by molar-refractivity contribution is 5.99. The number of likely N-dealkylation sites (tertiary alicyclic amines) is 1. The molecular weight excluding hydrogens is 252 g/mol. The number of carbonyl (C=O) groups excluding carboxylic acids is 1. The van der Waals surface area contributed by atoms with Crippen LogP contribution in [-0.2, 0) is 0 Å². The van der Waals surface area contributed by atoms with Crippen LogP contribution in [0.1, 0.15) is 30.1 Å². The normalized spacial score (nSPS) is 19.0. The van der Waals surface area contributed by atoms with Gasteiger partial charge in [0.05, 0.1) is 17.4 Å². The molecule has 20 heavy (non-hydrogen) atoms.